The van der Waals surface area contributed by atoms with Crippen LogP contribution in [0.2, 0.25) is 0 Å². The second kappa shape index (κ2) is 9.80. The summed E-state index contributed by atoms with van der Waals surface area (Å²) in [6.45, 7) is 9.14. The molecule has 1 atom stereocenters. The highest BCUT2D eigenvalue weighted by molar-refractivity contribution is 6.02. The SMILES string of the molecule is CC(C)CC(=O)N1CCN([C@@H](C)C(=O)NC(=O)Nc2ccc3c(c2)OCCO3)CC1. The van der Waals surface area contributed by atoms with E-state index in [1.165, 1.54) is 0 Å². The van der Waals surface area contributed by atoms with Crippen LogP contribution < -0.4 is 20.1 Å². The molecule has 0 unspecified atom stereocenters. The molecule has 2 aliphatic heterocycles. The number of fused-ring (bicyclic) bond motifs is 1. The average molecular weight is 418 g/mol. The molecule has 1 fully saturated rings. The summed E-state index contributed by atoms with van der Waals surface area (Å²) < 4.78 is 10.9. The summed E-state index contributed by atoms with van der Waals surface area (Å²) in [6.07, 6.45) is 0.538. The van der Waals surface area contributed by atoms with E-state index in [1.807, 2.05) is 23.6 Å². The van der Waals surface area contributed by atoms with Crippen molar-refractivity contribution in [2.75, 3.05) is 44.7 Å². The zero-order valence-electron chi connectivity index (χ0n) is 17.8. The Labute approximate surface area is 176 Å². The Balaban J connectivity index is 1.46. The van der Waals surface area contributed by atoms with Crippen LogP contribution in [0.15, 0.2) is 18.2 Å². The third kappa shape index (κ3) is 5.63. The van der Waals surface area contributed by atoms with E-state index in [0.29, 0.717) is 68.9 Å². The molecule has 4 amide bonds. The minimum atomic E-state index is -0.603. The summed E-state index contributed by atoms with van der Waals surface area (Å²) in [5, 5.41) is 5.03. The number of nitrogens with one attached hydrogen (secondary N) is 2. The molecule has 0 saturated carbocycles. The van der Waals surface area contributed by atoms with Crippen molar-refractivity contribution in [3.05, 3.63) is 18.2 Å². The number of carbonyl (C=O) groups is 3. The van der Waals surface area contributed by atoms with Gasteiger partial charge in [0.15, 0.2) is 11.5 Å². The van der Waals surface area contributed by atoms with Gasteiger partial charge in [0.05, 0.1) is 6.04 Å². The molecule has 1 aromatic carbocycles. The summed E-state index contributed by atoms with van der Waals surface area (Å²) in [6, 6.07) is 3.99. The molecule has 0 bridgehead atoms. The van der Waals surface area contributed by atoms with Gasteiger partial charge in [0.1, 0.15) is 13.2 Å². The molecule has 164 valence electrons. The second-order valence-corrected chi connectivity index (χ2v) is 7.99. The molecule has 0 aliphatic carbocycles. The van der Waals surface area contributed by atoms with E-state index in [4.69, 9.17) is 9.47 Å². The number of urea groups is 1. The standard InChI is InChI=1S/C21H30N4O5/c1-14(2)12-19(26)25-8-6-24(7-9-25)15(3)20(27)23-21(28)22-16-4-5-17-18(13-16)30-11-10-29-17/h4-5,13-15H,6-12H2,1-3H3,(H2,22,23,27,28)/t15-/m0/s1. The van der Waals surface area contributed by atoms with Crippen LogP contribution in [-0.4, -0.2) is 73.1 Å². The van der Waals surface area contributed by atoms with Gasteiger partial charge in [-0.2, -0.15) is 0 Å². The van der Waals surface area contributed by atoms with E-state index in [2.05, 4.69) is 10.6 Å². The number of benzene rings is 1. The number of carbonyl (C=O) groups excluding carboxylic acids is 3. The number of rotatable bonds is 5. The normalized spacial score (nSPS) is 17.4. The zero-order chi connectivity index (χ0) is 21.7. The van der Waals surface area contributed by atoms with Gasteiger partial charge in [0.25, 0.3) is 0 Å². The minimum Gasteiger partial charge on any atom is -0.486 e. The fourth-order valence-electron chi connectivity index (χ4n) is 3.50. The number of imide groups is 1. The first-order chi connectivity index (χ1) is 14.3. The molecule has 9 nitrogen and oxygen atoms in total. The topological polar surface area (TPSA) is 100 Å². The smallest absolute Gasteiger partial charge is 0.325 e. The zero-order valence-corrected chi connectivity index (χ0v) is 17.8. The molecular formula is C21H30N4O5. The van der Waals surface area contributed by atoms with Crippen molar-refractivity contribution in [3.8, 4) is 11.5 Å². The van der Waals surface area contributed by atoms with Crippen molar-refractivity contribution >= 4 is 23.5 Å². The van der Waals surface area contributed by atoms with Gasteiger partial charge in [0, 0.05) is 44.4 Å². The van der Waals surface area contributed by atoms with Gasteiger partial charge in [-0.15, -0.1) is 0 Å². The Morgan fingerprint density at radius 1 is 1.00 bits per heavy atom. The van der Waals surface area contributed by atoms with Gasteiger partial charge in [-0.3, -0.25) is 19.8 Å². The molecule has 1 aromatic rings. The molecule has 1 saturated heterocycles. The fourth-order valence-corrected chi connectivity index (χ4v) is 3.50. The van der Waals surface area contributed by atoms with Gasteiger partial charge >= 0.3 is 6.03 Å². The van der Waals surface area contributed by atoms with Crippen molar-refractivity contribution < 1.29 is 23.9 Å². The van der Waals surface area contributed by atoms with Crippen LogP contribution in [0.25, 0.3) is 0 Å². The fraction of sp³-hybridized carbons (Fsp3) is 0.571. The number of anilines is 1. The Kier molecular flexibility index (Phi) is 7.15. The maximum absolute atomic E-state index is 12.5. The Hall–Kier alpha value is -2.81. The summed E-state index contributed by atoms with van der Waals surface area (Å²) in [7, 11) is 0. The average Bonchev–Trinajstić information content (AvgIpc) is 2.72. The Morgan fingerprint density at radius 2 is 1.67 bits per heavy atom. The van der Waals surface area contributed by atoms with Crippen LogP contribution in [0.5, 0.6) is 11.5 Å². The summed E-state index contributed by atoms with van der Waals surface area (Å²) in [4.78, 5) is 40.7. The first-order valence-electron chi connectivity index (χ1n) is 10.4. The van der Waals surface area contributed by atoms with Gasteiger partial charge < -0.3 is 19.7 Å². The quantitative estimate of drug-likeness (QED) is 0.755. The van der Waals surface area contributed by atoms with Crippen LogP contribution in [0, 0.1) is 5.92 Å². The summed E-state index contributed by atoms with van der Waals surface area (Å²) >= 11 is 0. The van der Waals surface area contributed by atoms with E-state index in [9.17, 15) is 14.4 Å². The molecule has 0 spiro atoms. The maximum Gasteiger partial charge on any atom is 0.325 e. The summed E-state index contributed by atoms with van der Waals surface area (Å²) in [5.41, 5.74) is 0.509. The van der Waals surface area contributed by atoms with Crippen LogP contribution in [0.4, 0.5) is 10.5 Å². The van der Waals surface area contributed by atoms with Crippen LogP contribution >= 0.6 is 0 Å². The number of nitrogens with zero attached hydrogens (tertiary/aromatic N) is 2. The van der Waals surface area contributed by atoms with E-state index >= 15 is 0 Å². The maximum atomic E-state index is 12.5. The van der Waals surface area contributed by atoms with E-state index in [0.717, 1.165) is 0 Å². The highest BCUT2D eigenvalue weighted by Crippen LogP contribution is 2.32. The lowest BCUT2D eigenvalue weighted by molar-refractivity contribution is -0.134. The third-order valence-electron chi connectivity index (χ3n) is 5.21. The Morgan fingerprint density at radius 3 is 2.33 bits per heavy atom. The highest BCUT2D eigenvalue weighted by Gasteiger charge is 2.28. The largest absolute Gasteiger partial charge is 0.486 e. The number of hydrogen-bond acceptors (Lipinski definition) is 6. The van der Waals surface area contributed by atoms with Crippen LogP contribution in [0.3, 0.4) is 0 Å². The van der Waals surface area contributed by atoms with E-state index in [-0.39, 0.29) is 11.8 Å². The predicted octanol–water partition coefficient (Wildman–Crippen LogP) is 1.68. The van der Waals surface area contributed by atoms with Crippen molar-refractivity contribution in [1.82, 2.24) is 15.1 Å². The molecule has 2 N–H and O–H groups in total. The number of ether oxygens (including phenoxy) is 2. The van der Waals surface area contributed by atoms with Gasteiger partial charge in [0.2, 0.25) is 11.8 Å². The lowest BCUT2D eigenvalue weighted by Crippen LogP contribution is -2.55. The van der Waals surface area contributed by atoms with Crippen molar-refractivity contribution in [3.63, 3.8) is 0 Å². The summed E-state index contributed by atoms with van der Waals surface area (Å²) in [5.74, 6) is 1.28. The van der Waals surface area contributed by atoms with E-state index in [1.54, 1.807) is 25.1 Å². The van der Waals surface area contributed by atoms with Crippen molar-refractivity contribution in [1.29, 1.82) is 0 Å². The molecule has 2 heterocycles. The molecule has 0 aromatic heterocycles. The molecule has 9 heteroatoms. The number of amides is 4. The van der Waals surface area contributed by atoms with E-state index < -0.39 is 12.1 Å². The first-order valence-corrected chi connectivity index (χ1v) is 10.4. The minimum absolute atomic E-state index is 0.153. The third-order valence-corrected chi connectivity index (χ3v) is 5.21. The lowest BCUT2D eigenvalue weighted by atomic mass is 10.1. The monoisotopic (exact) mass is 418 g/mol. The van der Waals surface area contributed by atoms with Gasteiger partial charge in [-0.05, 0) is 25.0 Å². The van der Waals surface area contributed by atoms with Crippen molar-refractivity contribution in [2.24, 2.45) is 5.92 Å². The van der Waals surface area contributed by atoms with Gasteiger partial charge in [-0.1, -0.05) is 13.8 Å². The van der Waals surface area contributed by atoms with Crippen LogP contribution in [-0.2, 0) is 9.59 Å². The first kappa shape index (κ1) is 21.9. The molecule has 0 radical (unpaired) electrons. The molecular weight excluding hydrogens is 388 g/mol. The molecule has 3 rings (SSSR count). The molecule has 2 aliphatic rings. The second-order valence-electron chi connectivity index (χ2n) is 7.99. The highest BCUT2D eigenvalue weighted by atomic mass is 16.6. The molecule has 30 heavy (non-hydrogen) atoms. The number of piperazine rings is 1. The lowest BCUT2D eigenvalue weighted by Gasteiger charge is -2.37. The van der Waals surface area contributed by atoms with Gasteiger partial charge in [-0.25, -0.2) is 4.79 Å². The van der Waals surface area contributed by atoms with Crippen molar-refractivity contribution in [2.45, 2.75) is 33.2 Å². The van der Waals surface area contributed by atoms with Crippen LogP contribution in [0.1, 0.15) is 27.2 Å². The Bertz CT molecular complexity index is 790. The number of hydrogen-bond donors (Lipinski definition) is 2. The predicted molar refractivity (Wildman–Crippen MR) is 112 cm³/mol.